The number of pyridine rings is 1. The Labute approximate surface area is 250 Å². The summed E-state index contributed by atoms with van der Waals surface area (Å²) in [6, 6.07) is 12.8. The van der Waals surface area contributed by atoms with Crippen LogP contribution in [0.5, 0.6) is 0 Å². The van der Waals surface area contributed by atoms with Crippen LogP contribution in [0.25, 0.3) is 0 Å². The molecular weight excluding hydrogens is 577 g/mol. The van der Waals surface area contributed by atoms with Crippen molar-refractivity contribution >= 4 is 21.6 Å². The van der Waals surface area contributed by atoms with Crippen molar-refractivity contribution < 1.29 is 26.4 Å². The molecule has 3 aromatic rings. The lowest BCUT2D eigenvalue weighted by Crippen LogP contribution is -2.48. The summed E-state index contributed by atoms with van der Waals surface area (Å²) in [4.78, 5) is 21.6. The minimum Gasteiger partial charge on any atom is -0.371 e. The third-order valence-electron chi connectivity index (χ3n) is 9.68. The first-order valence-corrected chi connectivity index (χ1v) is 16.1. The van der Waals surface area contributed by atoms with Gasteiger partial charge in [-0.1, -0.05) is 12.1 Å². The minimum atomic E-state index is -4.65. The maximum atomic E-state index is 13.6. The number of aryl methyl sites for hydroxylation is 1. The summed E-state index contributed by atoms with van der Waals surface area (Å²) in [5.74, 6) is -0.0686. The Morgan fingerprint density at radius 3 is 2.30 bits per heavy atom. The summed E-state index contributed by atoms with van der Waals surface area (Å²) in [7, 11) is -2.81. The van der Waals surface area contributed by atoms with Crippen LogP contribution in [0.3, 0.4) is 0 Å². The van der Waals surface area contributed by atoms with Crippen LogP contribution in [0.2, 0.25) is 0 Å². The molecule has 1 spiro atoms. The smallest absolute Gasteiger partial charge is 0.371 e. The molecule has 7 nitrogen and oxygen atoms in total. The number of nitrogens with zero attached hydrogens (tertiary/aromatic N) is 4. The zero-order chi connectivity index (χ0) is 30.4. The molecule has 0 radical (unpaired) electrons. The molecule has 2 saturated heterocycles. The maximum absolute atomic E-state index is 13.6. The van der Waals surface area contributed by atoms with Crippen LogP contribution < -0.4 is 4.90 Å². The van der Waals surface area contributed by atoms with Crippen molar-refractivity contribution in [2.75, 3.05) is 38.1 Å². The van der Waals surface area contributed by atoms with Gasteiger partial charge in [-0.15, -0.1) is 0 Å². The lowest BCUT2D eigenvalue weighted by Gasteiger charge is -2.47. The fourth-order valence-corrected chi connectivity index (χ4v) is 8.33. The minimum absolute atomic E-state index is 0.0686. The number of aromatic nitrogens is 1. The van der Waals surface area contributed by atoms with Crippen LogP contribution in [0.1, 0.15) is 65.2 Å². The highest BCUT2D eigenvalue weighted by Crippen LogP contribution is 2.43. The summed E-state index contributed by atoms with van der Waals surface area (Å²) in [6.45, 7) is 3.33. The Morgan fingerprint density at radius 2 is 1.63 bits per heavy atom. The number of amides is 1. The van der Waals surface area contributed by atoms with E-state index >= 15 is 0 Å². The maximum Gasteiger partial charge on any atom is 0.416 e. The first-order valence-electron chi connectivity index (χ1n) is 14.7. The molecule has 1 aromatic heterocycles. The normalized spacial score (nSPS) is 20.4. The molecule has 0 bridgehead atoms. The predicted octanol–water partition coefficient (Wildman–Crippen LogP) is 5.93. The number of anilines is 1. The van der Waals surface area contributed by atoms with Gasteiger partial charge < -0.3 is 9.80 Å². The number of hydrogen-bond donors (Lipinski definition) is 0. The number of carbonyl (C=O) groups excluding carboxylic acids is 1. The molecule has 1 unspecified atom stereocenters. The molecule has 0 N–H and O–H groups in total. The fourth-order valence-electron chi connectivity index (χ4n) is 6.92. The number of benzene rings is 2. The molecule has 228 valence electrons. The number of carbonyl (C=O) groups is 1. The standard InChI is InChI=1S/C32H35F3N4O3S/c1-37(43(41,42)27-4-2-3-25(22-27)32(33,34)35)29-8-7-23-5-6-24(21-28(23)29)30(40)39-19-13-31(14-20-39)11-17-38(18-12-31)26-9-15-36-16-10-26/h2-6,9-10,15-16,21-22,29H,7-8,11-14,17-20H2,1H3. The number of halogens is 3. The van der Waals surface area contributed by atoms with E-state index < -0.39 is 32.7 Å². The van der Waals surface area contributed by atoms with Gasteiger partial charge >= 0.3 is 6.18 Å². The molecular formula is C32H35F3N4O3S. The number of rotatable bonds is 5. The second-order valence-corrected chi connectivity index (χ2v) is 14.0. The molecule has 43 heavy (non-hydrogen) atoms. The summed E-state index contributed by atoms with van der Waals surface area (Å²) in [5.41, 5.74) is 2.63. The molecule has 2 fully saturated rings. The Bertz CT molecular complexity index is 1600. The van der Waals surface area contributed by atoms with Crippen LogP contribution in [0, 0.1) is 5.41 Å². The molecule has 11 heteroatoms. The molecule has 3 aliphatic rings. The van der Waals surface area contributed by atoms with E-state index in [4.69, 9.17) is 0 Å². The third-order valence-corrected chi connectivity index (χ3v) is 11.5. The Hall–Kier alpha value is -3.44. The number of piperidine rings is 2. The molecule has 2 aromatic carbocycles. The third kappa shape index (κ3) is 5.76. The molecule has 2 aliphatic heterocycles. The van der Waals surface area contributed by atoms with E-state index in [0.717, 1.165) is 66.3 Å². The average molecular weight is 613 g/mol. The predicted molar refractivity (Wildman–Crippen MR) is 157 cm³/mol. The zero-order valence-corrected chi connectivity index (χ0v) is 24.9. The summed E-state index contributed by atoms with van der Waals surface area (Å²) in [6.07, 6.45) is 4.18. The first kappa shape index (κ1) is 29.6. The van der Waals surface area contributed by atoms with Gasteiger partial charge in [-0.2, -0.15) is 17.5 Å². The van der Waals surface area contributed by atoms with Gasteiger partial charge in [-0.25, -0.2) is 8.42 Å². The fraction of sp³-hybridized carbons (Fsp3) is 0.438. The monoisotopic (exact) mass is 612 g/mol. The highest BCUT2D eigenvalue weighted by atomic mass is 32.2. The van der Waals surface area contributed by atoms with E-state index in [-0.39, 0.29) is 11.3 Å². The first-order chi connectivity index (χ1) is 20.5. The lowest BCUT2D eigenvalue weighted by molar-refractivity contribution is -0.137. The second kappa shape index (κ2) is 11.2. The number of likely N-dealkylation sites (tertiary alicyclic amines) is 1. The van der Waals surface area contributed by atoms with Crippen molar-refractivity contribution in [2.45, 2.75) is 55.6 Å². The van der Waals surface area contributed by atoms with Gasteiger partial charge in [-0.3, -0.25) is 9.78 Å². The van der Waals surface area contributed by atoms with E-state index in [9.17, 15) is 26.4 Å². The van der Waals surface area contributed by atoms with Gasteiger partial charge in [0.15, 0.2) is 0 Å². The van der Waals surface area contributed by atoms with Gasteiger partial charge in [0, 0.05) is 56.9 Å². The van der Waals surface area contributed by atoms with Crippen LogP contribution in [0.15, 0.2) is 71.9 Å². The molecule has 0 saturated carbocycles. The van der Waals surface area contributed by atoms with E-state index in [1.807, 2.05) is 41.6 Å². The average Bonchev–Trinajstić information content (AvgIpc) is 3.44. The van der Waals surface area contributed by atoms with Crippen molar-refractivity contribution in [1.29, 1.82) is 0 Å². The van der Waals surface area contributed by atoms with Crippen molar-refractivity contribution in [3.05, 3.63) is 89.2 Å². The van der Waals surface area contributed by atoms with Crippen molar-refractivity contribution in [3.8, 4) is 0 Å². The van der Waals surface area contributed by atoms with Crippen LogP contribution in [-0.2, 0) is 22.6 Å². The quantitative estimate of drug-likeness (QED) is 0.357. The Balaban J connectivity index is 1.13. The second-order valence-electron chi connectivity index (χ2n) is 12.0. The van der Waals surface area contributed by atoms with Crippen molar-refractivity contribution in [3.63, 3.8) is 0 Å². The zero-order valence-electron chi connectivity index (χ0n) is 24.1. The molecule has 1 amide bonds. The lowest BCUT2D eigenvalue weighted by atomic mass is 9.71. The molecule has 1 atom stereocenters. The van der Waals surface area contributed by atoms with Crippen molar-refractivity contribution in [2.24, 2.45) is 5.41 Å². The SMILES string of the molecule is CN(C1CCc2ccc(C(=O)N3CCC4(CC3)CCN(c3ccncc3)CC4)cc21)S(=O)(=O)c1cccc(C(F)(F)F)c1. The van der Waals surface area contributed by atoms with Gasteiger partial charge in [0.2, 0.25) is 10.0 Å². The summed E-state index contributed by atoms with van der Waals surface area (Å²) < 4.78 is 67.7. The van der Waals surface area contributed by atoms with E-state index in [2.05, 4.69) is 9.88 Å². The molecule has 6 rings (SSSR count). The number of fused-ring (bicyclic) bond motifs is 1. The molecule has 3 heterocycles. The highest BCUT2D eigenvalue weighted by Gasteiger charge is 2.40. The van der Waals surface area contributed by atoms with Gasteiger partial charge in [0.25, 0.3) is 5.91 Å². The Morgan fingerprint density at radius 1 is 0.953 bits per heavy atom. The topological polar surface area (TPSA) is 73.8 Å². The van der Waals surface area contributed by atoms with E-state index in [1.165, 1.54) is 18.8 Å². The summed E-state index contributed by atoms with van der Waals surface area (Å²) >= 11 is 0. The number of sulfonamides is 1. The van der Waals surface area contributed by atoms with Crippen LogP contribution >= 0.6 is 0 Å². The van der Waals surface area contributed by atoms with E-state index in [0.29, 0.717) is 37.6 Å². The van der Waals surface area contributed by atoms with Gasteiger partial charge in [0.1, 0.15) is 0 Å². The summed E-state index contributed by atoms with van der Waals surface area (Å²) in [5, 5.41) is 0. The largest absolute Gasteiger partial charge is 0.416 e. The number of alkyl halides is 3. The van der Waals surface area contributed by atoms with Crippen LogP contribution in [-0.4, -0.2) is 61.7 Å². The Kier molecular flexibility index (Phi) is 7.75. The van der Waals surface area contributed by atoms with Gasteiger partial charge in [-0.05, 0) is 97.5 Å². The van der Waals surface area contributed by atoms with Crippen LogP contribution in [0.4, 0.5) is 18.9 Å². The van der Waals surface area contributed by atoms with Gasteiger partial charge in [0.05, 0.1) is 16.5 Å². The number of hydrogen-bond acceptors (Lipinski definition) is 5. The molecule has 1 aliphatic carbocycles. The van der Waals surface area contributed by atoms with E-state index in [1.54, 1.807) is 6.07 Å². The van der Waals surface area contributed by atoms with Crippen molar-refractivity contribution in [1.82, 2.24) is 14.2 Å². The highest BCUT2D eigenvalue weighted by molar-refractivity contribution is 7.89.